The fourth-order valence-corrected chi connectivity index (χ4v) is 3.09. The number of aryl methyl sites for hydroxylation is 1. The number of amides is 1. The quantitative estimate of drug-likeness (QED) is 0.631. The van der Waals surface area contributed by atoms with Crippen molar-refractivity contribution in [3.05, 3.63) is 0 Å². The van der Waals surface area contributed by atoms with Gasteiger partial charge in [0.15, 0.2) is 0 Å². The molecule has 6 nitrogen and oxygen atoms in total. The Morgan fingerprint density at radius 1 is 1.42 bits per heavy atom. The summed E-state index contributed by atoms with van der Waals surface area (Å²) in [6, 6.07) is 0. The van der Waals surface area contributed by atoms with Crippen LogP contribution in [0.3, 0.4) is 0 Å². The van der Waals surface area contributed by atoms with Crippen LogP contribution in [0.1, 0.15) is 38.5 Å². The average molecular weight is 283 g/mol. The number of nitrogens with zero attached hydrogens (tertiary/aromatic N) is 4. The molecule has 0 aliphatic heterocycles. The van der Waals surface area contributed by atoms with Crippen LogP contribution in [0.5, 0.6) is 0 Å². The van der Waals surface area contributed by atoms with Gasteiger partial charge >= 0.3 is 0 Å². The maximum atomic E-state index is 11.9. The van der Waals surface area contributed by atoms with Gasteiger partial charge in [-0.3, -0.25) is 4.79 Å². The van der Waals surface area contributed by atoms with Crippen LogP contribution in [0.4, 0.5) is 0 Å². The lowest BCUT2D eigenvalue weighted by Gasteiger charge is -2.20. The highest BCUT2D eigenvalue weighted by molar-refractivity contribution is 7.99. The maximum absolute atomic E-state index is 11.9. The number of hydrogen-bond donors (Lipinski definition) is 1. The Balaban J connectivity index is 1.56. The lowest BCUT2D eigenvalue weighted by molar-refractivity contribution is -0.125. The van der Waals surface area contributed by atoms with Gasteiger partial charge in [0, 0.05) is 25.3 Å². The molecule has 0 saturated heterocycles. The molecule has 0 aromatic carbocycles. The highest BCUT2D eigenvalue weighted by Crippen LogP contribution is 2.23. The van der Waals surface area contributed by atoms with Crippen molar-refractivity contribution in [2.45, 2.75) is 43.7 Å². The van der Waals surface area contributed by atoms with Crippen LogP contribution in [-0.4, -0.2) is 38.4 Å². The predicted molar refractivity (Wildman–Crippen MR) is 73.7 cm³/mol. The molecule has 1 aromatic heterocycles. The van der Waals surface area contributed by atoms with Gasteiger partial charge in [0.05, 0.1) is 0 Å². The summed E-state index contributed by atoms with van der Waals surface area (Å²) < 4.78 is 1.66. The topological polar surface area (TPSA) is 72.7 Å². The normalized spacial score (nSPS) is 16.5. The number of carbonyl (C=O) groups excluding carboxylic acids is 1. The number of aromatic nitrogens is 4. The van der Waals surface area contributed by atoms with Crippen LogP contribution in [0.15, 0.2) is 5.16 Å². The zero-order valence-corrected chi connectivity index (χ0v) is 12.2. The summed E-state index contributed by atoms with van der Waals surface area (Å²) in [5.41, 5.74) is 0. The molecule has 2 rings (SSSR count). The first-order chi connectivity index (χ1) is 9.27. The van der Waals surface area contributed by atoms with E-state index in [0.717, 1.165) is 36.7 Å². The second-order valence-electron chi connectivity index (χ2n) is 4.91. The van der Waals surface area contributed by atoms with Gasteiger partial charge in [-0.15, -0.1) is 5.10 Å². The van der Waals surface area contributed by atoms with Crippen molar-refractivity contribution >= 4 is 17.7 Å². The number of carbonyl (C=O) groups is 1. The molecule has 1 fully saturated rings. The van der Waals surface area contributed by atoms with Gasteiger partial charge in [0.2, 0.25) is 11.1 Å². The zero-order chi connectivity index (χ0) is 13.5. The molecule has 1 saturated carbocycles. The highest BCUT2D eigenvalue weighted by Gasteiger charge is 2.20. The van der Waals surface area contributed by atoms with Crippen molar-refractivity contribution in [2.24, 2.45) is 13.0 Å². The van der Waals surface area contributed by atoms with Gasteiger partial charge in [-0.25, -0.2) is 4.68 Å². The van der Waals surface area contributed by atoms with Gasteiger partial charge in [-0.2, -0.15) is 0 Å². The van der Waals surface area contributed by atoms with E-state index < -0.39 is 0 Å². The predicted octanol–water partition coefficient (Wildman–Crippen LogP) is 1.39. The second-order valence-corrected chi connectivity index (χ2v) is 5.98. The first-order valence-corrected chi connectivity index (χ1v) is 7.89. The van der Waals surface area contributed by atoms with Gasteiger partial charge in [0.25, 0.3) is 0 Å². The molecular weight excluding hydrogens is 262 g/mol. The summed E-state index contributed by atoms with van der Waals surface area (Å²) in [6.45, 7) is 0.744. The number of nitrogens with one attached hydrogen (secondary N) is 1. The van der Waals surface area contributed by atoms with E-state index in [0.29, 0.717) is 0 Å². The smallest absolute Gasteiger partial charge is 0.223 e. The van der Waals surface area contributed by atoms with Gasteiger partial charge in [-0.1, -0.05) is 31.0 Å². The maximum Gasteiger partial charge on any atom is 0.223 e. The third-order valence-electron chi connectivity index (χ3n) is 3.41. The van der Waals surface area contributed by atoms with E-state index >= 15 is 0 Å². The average Bonchev–Trinajstić information content (AvgIpc) is 2.85. The Bertz CT molecular complexity index is 403. The fourth-order valence-electron chi connectivity index (χ4n) is 2.30. The minimum absolute atomic E-state index is 0.241. The summed E-state index contributed by atoms with van der Waals surface area (Å²) in [5.74, 6) is 1.41. The van der Waals surface area contributed by atoms with E-state index in [4.69, 9.17) is 0 Å². The van der Waals surface area contributed by atoms with Crippen LogP contribution >= 0.6 is 11.8 Å². The van der Waals surface area contributed by atoms with E-state index in [9.17, 15) is 4.79 Å². The molecule has 19 heavy (non-hydrogen) atoms. The summed E-state index contributed by atoms with van der Waals surface area (Å²) >= 11 is 1.62. The Hall–Kier alpha value is -1.11. The number of thioether (sulfide) groups is 1. The third-order valence-corrected chi connectivity index (χ3v) is 4.51. The summed E-state index contributed by atoms with van der Waals surface area (Å²) in [4.78, 5) is 11.9. The Morgan fingerprint density at radius 3 is 2.89 bits per heavy atom. The standard InChI is InChI=1S/C12H21N5OS/c1-17-12(14-15-16-17)19-9-5-8-13-11(18)10-6-3-2-4-7-10/h10H,2-9H2,1H3,(H,13,18). The van der Waals surface area contributed by atoms with E-state index in [1.165, 1.54) is 19.3 Å². The summed E-state index contributed by atoms with van der Waals surface area (Å²) in [7, 11) is 1.83. The monoisotopic (exact) mass is 283 g/mol. The molecular formula is C12H21N5OS. The molecule has 0 unspecified atom stereocenters. The Labute approximate surface area is 117 Å². The minimum Gasteiger partial charge on any atom is -0.356 e. The Morgan fingerprint density at radius 2 is 2.21 bits per heavy atom. The number of hydrogen-bond acceptors (Lipinski definition) is 5. The Kier molecular flexibility index (Phi) is 5.62. The first kappa shape index (κ1) is 14.3. The van der Waals surface area contributed by atoms with Gasteiger partial charge in [-0.05, 0) is 29.7 Å². The fraction of sp³-hybridized carbons (Fsp3) is 0.833. The molecule has 0 bridgehead atoms. The number of rotatable bonds is 6. The van der Waals surface area contributed by atoms with Crippen molar-refractivity contribution in [1.29, 1.82) is 0 Å². The van der Waals surface area contributed by atoms with E-state index in [-0.39, 0.29) is 11.8 Å². The van der Waals surface area contributed by atoms with E-state index in [2.05, 4.69) is 20.8 Å². The van der Waals surface area contributed by atoms with E-state index in [1.54, 1.807) is 16.4 Å². The lowest BCUT2D eigenvalue weighted by atomic mass is 9.89. The lowest BCUT2D eigenvalue weighted by Crippen LogP contribution is -2.32. The van der Waals surface area contributed by atoms with Crippen LogP contribution in [0, 0.1) is 5.92 Å². The summed E-state index contributed by atoms with van der Waals surface area (Å²) in [5, 5.41) is 15.1. The van der Waals surface area contributed by atoms with Crippen LogP contribution in [0.25, 0.3) is 0 Å². The number of tetrazole rings is 1. The minimum atomic E-state index is 0.241. The molecule has 1 aliphatic rings. The van der Waals surface area contributed by atoms with Crippen molar-refractivity contribution in [3.8, 4) is 0 Å². The first-order valence-electron chi connectivity index (χ1n) is 6.90. The van der Waals surface area contributed by atoms with Crippen molar-refractivity contribution in [2.75, 3.05) is 12.3 Å². The van der Waals surface area contributed by atoms with Crippen LogP contribution in [-0.2, 0) is 11.8 Å². The van der Waals surface area contributed by atoms with Crippen LogP contribution in [0.2, 0.25) is 0 Å². The zero-order valence-electron chi connectivity index (χ0n) is 11.3. The second kappa shape index (κ2) is 7.47. The molecule has 1 aliphatic carbocycles. The molecule has 0 spiro atoms. The van der Waals surface area contributed by atoms with Crippen LogP contribution < -0.4 is 5.32 Å². The molecule has 106 valence electrons. The molecule has 0 atom stereocenters. The van der Waals surface area contributed by atoms with Crippen molar-refractivity contribution in [1.82, 2.24) is 25.5 Å². The molecule has 1 aromatic rings. The largest absolute Gasteiger partial charge is 0.356 e. The van der Waals surface area contributed by atoms with Crippen molar-refractivity contribution in [3.63, 3.8) is 0 Å². The highest BCUT2D eigenvalue weighted by atomic mass is 32.2. The molecule has 1 N–H and O–H groups in total. The third kappa shape index (κ3) is 4.49. The summed E-state index contributed by atoms with van der Waals surface area (Å²) in [6.07, 6.45) is 6.75. The van der Waals surface area contributed by atoms with Gasteiger partial charge < -0.3 is 5.32 Å². The SMILES string of the molecule is Cn1nnnc1SCCCNC(=O)C1CCCCC1. The molecule has 0 radical (unpaired) electrons. The van der Waals surface area contributed by atoms with Gasteiger partial charge in [0.1, 0.15) is 0 Å². The van der Waals surface area contributed by atoms with Crippen molar-refractivity contribution < 1.29 is 4.79 Å². The molecule has 7 heteroatoms. The molecule has 1 amide bonds. The van der Waals surface area contributed by atoms with E-state index in [1.807, 2.05) is 7.05 Å². The molecule has 1 heterocycles.